The van der Waals surface area contributed by atoms with Crippen molar-refractivity contribution in [3.63, 3.8) is 0 Å². The van der Waals surface area contributed by atoms with Gasteiger partial charge in [0.1, 0.15) is 16.3 Å². The lowest BCUT2D eigenvalue weighted by Crippen LogP contribution is -2.33. The van der Waals surface area contributed by atoms with Crippen molar-refractivity contribution in [3.8, 4) is 0 Å². The van der Waals surface area contributed by atoms with E-state index >= 15 is 0 Å². The molecule has 2 aliphatic rings. The summed E-state index contributed by atoms with van der Waals surface area (Å²) < 4.78 is 53.6. The maximum absolute atomic E-state index is 14.8. The van der Waals surface area contributed by atoms with E-state index in [-0.39, 0.29) is 27.9 Å². The van der Waals surface area contributed by atoms with Gasteiger partial charge in [0.25, 0.3) is 11.8 Å². The molecule has 1 aliphatic heterocycles. The van der Waals surface area contributed by atoms with Gasteiger partial charge in [-0.05, 0) is 43.0 Å². The number of carbonyl (C=O) groups is 3. The van der Waals surface area contributed by atoms with Gasteiger partial charge in [-0.25, -0.2) is 22.0 Å². The Morgan fingerprint density at radius 1 is 1.03 bits per heavy atom. The number of fused-ring (bicyclic) bond motifs is 1. The average Bonchev–Trinajstić information content (AvgIpc) is 3.44. The summed E-state index contributed by atoms with van der Waals surface area (Å²) >= 11 is 0. The number of carbonyl (C=O) groups excluding carboxylic acids is 3. The number of rotatable bonds is 5. The molecule has 10 heteroatoms. The van der Waals surface area contributed by atoms with E-state index in [0.717, 1.165) is 6.07 Å². The second-order valence-electron chi connectivity index (χ2n) is 6.79. The number of sulfone groups is 1. The molecule has 4 rings (SSSR count). The van der Waals surface area contributed by atoms with Crippen LogP contribution in [0.1, 0.15) is 43.9 Å². The minimum Gasteiger partial charge on any atom is -0.324 e. The lowest BCUT2D eigenvalue weighted by Gasteiger charge is -2.14. The van der Waals surface area contributed by atoms with Crippen molar-refractivity contribution < 1.29 is 36.4 Å². The van der Waals surface area contributed by atoms with Gasteiger partial charge in [-0.3, -0.25) is 9.59 Å². The van der Waals surface area contributed by atoms with Crippen LogP contribution in [0.5, 0.6) is 0 Å². The van der Waals surface area contributed by atoms with Gasteiger partial charge in [0.2, 0.25) is 0 Å². The van der Waals surface area contributed by atoms with Crippen molar-refractivity contribution in [2.24, 2.45) is 5.92 Å². The van der Waals surface area contributed by atoms with Crippen LogP contribution in [-0.4, -0.2) is 37.0 Å². The molecule has 0 atom stereocenters. The van der Waals surface area contributed by atoms with Gasteiger partial charge in [0.15, 0.2) is 15.7 Å². The molecule has 0 saturated heterocycles. The Morgan fingerprint density at radius 3 is 2.17 bits per heavy atom. The molecule has 0 N–H and O–H groups in total. The summed E-state index contributed by atoms with van der Waals surface area (Å²) in [6, 6.07) is 7.00. The van der Waals surface area contributed by atoms with E-state index < -0.39 is 49.7 Å². The molecular formula is C19H13F2NO6S. The molecule has 0 unspecified atom stereocenters. The standard InChI is InChI=1S/C19H13F2NO6S/c20-13-7-8-14(29(26,27)9-10-5-6-10)16(21)15(13)19(25)28-22-17(23)11-3-1-2-4-12(11)18(22)24/h1-4,7-8,10H,5-6,9H2. The third kappa shape index (κ3) is 3.29. The molecule has 1 fully saturated rings. The van der Waals surface area contributed by atoms with Crippen molar-refractivity contribution in [1.82, 2.24) is 5.06 Å². The summed E-state index contributed by atoms with van der Waals surface area (Å²) in [5.74, 6) is -7.06. The lowest BCUT2D eigenvalue weighted by atomic mass is 10.1. The van der Waals surface area contributed by atoms with Crippen LogP contribution in [0.4, 0.5) is 8.78 Å². The van der Waals surface area contributed by atoms with Gasteiger partial charge in [-0.1, -0.05) is 17.2 Å². The fourth-order valence-corrected chi connectivity index (χ4v) is 4.81. The van der Waals surface area contributed by atoms with Crippen molar-refractivity contribution >= 4 is 27.6 Å². The predicted molar refractivity (Wildman–Crippen MR) is 93.5 cm³/mol. The van der Waals surface area contributed by atoms with E-state index in [0.29, 0.717) is 18.9 Å². The largest absolute Gasteiger partial charge is 0.369 e. The molecule has 0 bridgehead atoms. The van der Waals surface area contributed by atoms with E-state index in [4.69, 9.17) is 0 Å². The Balaban J connectivity index is 1.65. The molecule has 2 aromatic rings. The first-order valence-electron chi connectivity index (χ1n) is 8.61. The second kappa shape index (κ2) is 6.73. The Morgan fingerprint density at radius 2 is 1.62 bits per heavy atom. The van der Waals surface area contributed by atoms with Gasteiger partial charge in [-0.2, -0.15) is 0 Å². The monoisotopic (exact) mass is 421 g/mol. The van der Waals surface area contributed by atoms with Gasteiger partial charge in [-0.15, -0.1) is 0 Å². The molecule has 7 nitrogen and oxygen atoms in total. The smallest absolute Gasteiger partial charge is 0.324 e. The summed E-state index contributed by atoms with van der Waals surface area (Å²) in [6.07, 6.45) is 1.38. The number of nitrogens with zero attached hydrogens (tertiary/aromatic N) is 1. The van der Waals surface area contributed by atoms with E-state index in [2.05, 4.69) is 4.84 Å². The highest BCUT2D eigenvalue weighted by molar-refractivity contribution is 7.91. The highest BCUT2D eigenvalue weighted by Gasteiger charge is 2.40. The minimum absolute atomic E-state index is 0.0352. The normalized spacial score (nSPS) is 16.1. The van der Waals surface area contributed by atoms with E-state index in [1.165, 1.54) is 24.3 Å². The molecule has 29 heavy (non-hydrogen) atoms. The molecule has 1 heterocycles. The van der Waals surface area contributed by atoms with Crippen LogP contribution >= 0.6 is 0 Å². The van der Waals surface area contributed by atoms with Crippen molar-refractivity contribution in [2.45, 2.75) is 17.7 Å². The van der Waals surface area contributed by atoms with Crippen LogP contribution in [0.2, 0.25) is 0 Å². The zero-order valence-electron chi connectivity index (χ0n) is 14.7. The molecule has 1 aliphatic carbocycles. The number of halogens is 2. The zero-order valence-corrected chi connectivity index (χ0v) is 15.5. The zero-order chi connectivity index (χ0) is 20.9. The fraction of sp³-hybridized carbons (Fsp3) is 0.211. The Bertz CT molecular complexity index is 1140. The highest BCUT2D eigenvalue weighted by Crippen LogP contribution is 2.34. The first kappa shape index (κ1) is 19.2. The maximum Gasteiger partial charge on any atom is 0.369 e. The number of imide groups is 1. The highest BCUT2D eigenvalue weighted by atomic mass is 32.2. The average molecular weight is 421 g/mol. The van der Waals surface area contributed by atoms with Gasteiger partial charge in [0.05, 0.1) is 16.9 Å². The van der Waals surface area contributed by atoms with E-state index in [1.54, 1.807) is 0 Å². The van der Waals surface area contributed by atoms with Crippen molar-refractivity contribution in [3.05, 3.63) is 64.7 Å². The van der Waals surface area contributed by atoms with Gasteiger partial charge in [0, 0.05) is 0 Å². The summed E-state index contributed by atoms with van der Waals surface area (Å²) in [4.78, 5) is 40.7. The third-order valence-electron chi connectivity index (χ3n) is 4.68. The first-order chi connectivity index (χ1) is 13.7. The molecule has 0 radical (unpaired) electrons. The van der Waals surface area contributed by atoms with Crippen LogP contribution < -0.4 is 0 Å². The van der Waals surface area contributed by atoms with Crippen molar-refractivity contribution in [2.75, 3.05) is 5.75 Å². The summed E-state index contributed by atoms with van der Waals surface area (Å²) in [5.41, 5.74) is -1.36. The van der Waals surface area contributed by atoms with Crippen LogP contribution in [0.25, 0.3) is 0 Å². The second-order valence-corrected chi connectivity index (χ2v) is 8.79. The topological polar surface area (TPSA) is 97.8 Å². The Labute approximate surface area is 163 Å². The maximum atomic E-state index is 14.8. The quantitative estimate of drug-likeness (QED) is 0.544. The minimum atomic E-state index is -4.09. The Kier molecular flexibility index (Phi) is 4.45. The Hall–Kier alpha value is -3.14. The third-order valence-corrected chi connectivity index (χ3v) is 6.57. The number of hydrogen-bond acceptors (Lipinski definition) is 6. The first-order valence-corrected chi connectivity index (χ1v) is 10.3. The number of hydroxylamine groups is 2. The molecular weight excluding hydrogens is 408 g/mol. The van der Waals surface area contributed by atoms with E-state index in [1.807, 2.05) is 0 Å². The molecule has 2 amide bonds. The summed E-state index contributed by atoms with van der Waals surface area (Å²) in [7, 11) is -4.09. The summed E-state index contributed by atoms with van der Waals surface area (Å²) in [6.45, 7) is 0. The predicted octanol–water partition coefficient (Wildman–Crippen LogP) is 2.52. The van der Waals surface area contributed by atoms with Crippen LogP contribution in [-0.2, 0) is 14.7 Å². The molecule has 0 aromatic heterocycles. The van der Waals surface area contributed by atoms with E-state index in [9.17, 15) is 31.6 Å². The molecule has 1 saturated carbocycles. The van der Waals surface area contributed by atoms with Crippen LogP contribution in [0.15, 0.2) is 41.3 Å². The fourth-order valence-electron chi connectivity index (χ4n) is 3.02. The summed E-state index contributed by atoms with van der Waals surface area (Å²) in [5, 5.41) is 0.0945. The number of hydrogen-bond donors (Lipinski definition) is 0. The SMILES string of the molecule is O=C(ON1C(=O)c2ccccc2C1=O)c1c(F)ccc(S(=O)(=O)CC2CC2)c1F. The van der Waals surface area contributed by atoms with Gasteiger partial charge < -0.3 is 4.84 Å². The van der Waals surface area contributed by atoms with Crippen LogP contribution in [0, 0.1) is 17.6 Å². The molecule has 2 aromatic carbocycles. The van der Waals surface area contributed by atoms with Crippen LogP contribution in [0.3, 0.4) is 0 Å². The lowest BCUT2D eigenvalue weighted by molar-refractivity contribution is -0.0591. The number of amides is 2. The number of benzene rings is 2. The van der Waals surface area contributed by atoms with Gasteiger partial charge >= 0.3 is 5.97 Å². The molecule has 0 spiro atoms. The van der Waals surface area contributed by atoms with Crippen molar-refractivity contribution in [1.29, 1.82) is 0 Å². The molecule has 150 valence electrons.